The highest BCUT2D eigenvalue weighted by molar-refractivity contribution is 5.97. The van der Waals surface area contributed by atoms with Gasteiger partial charge in [0.05, 0.1) is 24.3 Å². The normalized spacial score (nSPS) is 14.9. The minimum Gasteiger partial charge on any atom is -0.464 e. The molecule has 1 aliphatic rings. The lowest BCUT2D eigenvalue weighted by molar-refractivity contribution is -0.128. The number of fused-ring (bicyclic) bond motifs is 2. The summed E-state index contributed by atoms with van der Waals surface area (Å²) in [7, 11) is 1.55. The van der Waals surface area contributed by atoms with E-state index in [2.05, 4.69) is 0 Å². The molecule has 0 N–H and O–H groups in total. The molecule has 0 spiro atoms. The van der Waals surface area contributed by atoms with Crippen LogP contribution in [0.4, 0.5) is 0 Å². The minimum absolute atomic E-state index is 0.0167. The van der Waals surface area contributed by atoms with Crippen molar-refractivity contribution in [3.63, 3.8) is 0 Å². The van der Waals surface area contributed by atoms with Gasteiger partial charge in [0.2, 0.25) is 5.91 Å². The smallest absolute Gasteiger partial charge is 0.340 e. The predicted octanol–water partition coefficient (Wildman–Crippen LogP) is 4.42. The average Bonchev–Trinajstić information content (AvgIpc) is 3.13. The van der Waals surface area contributed by atoms with Crippen LogP contribution in [0.1, 0.15) is 54.7 Å². The molecule has 2 heterocycles. The van der Waals surface area contributed by atoms with E-state index in [1.807, 2.05) is 25.3 Å². The van der Waals surface area contributed by atoms with E-state index in [1.54, 1.807) is 13.1 Å². The van der Waals surface area contributed by atoms with Crippen LogP contribution in [-0.2, 0) is 11.2 Å². The maximum atomic E-state index is 12.5. The molecule has 1 amide bonds. The minimum atomic E-state index is -0.521. The Hall–Kier alpha value is -3.07. The van der Waals surface area contributed by atoms with Gasteiger partial charge in [0.25, 0.3) is 0 Å². The Kier molecular flexibility index (Phi) is 5.14. The van der Waals surface area contributed by atoms with Crippen LogP contribution in [0.25, 0.3) is 21.9 Å². The molecule has 2 aromatic heterocycles. The molecule has 1 saturated carbocycles. The van der Waals surface area contributed by atoms with Gasteiger partial charge in [-0.3, -0.25) is 4.79 Å². The Balaban J connectivity index is 1.79. The second kappa shape index (κ2) is 7.75. The monoisotopic (exact) mass is 392 g/mol. The fourth-order valence-electron chi connectivity index (χ4n) is 4.34. The van der Waals surface area contributed by atoms with E-state index in [-0.39, 0.29) is 18.9 Å². The molecule has 3 aromatic rings. The second-order valence-corrected chi connectivity index (χ2v) is 7.95. The van der Waals surface area contributed by atoms with E-state index >= 15 is 0 Å². The molecule has 0 aliphatic heterocycles. The molecule has 150 valence electrons. The van der Waals surface area contributed by atoms with E-state index < -0.39 is 5.63 Å². The lowest BCUT2D eigenvalue weighted by atomic mass is 9.84. The largest absolute Gasteiger partial charge is 0.464 e. The summed E-state index contributed by atoms with van der Waals surface area (Å²) in [4.78, 5) is 26.2. The Morgan fingerprint density at radius 3 is 2.69 bits per heavy atom. The van der Waals surface area contributed by atoms with Crippen molar-refractivity contribution in [1.29, 1.82) is 5.26 Å². The number of hydrogen-bond acceptors (Lipinski definition) is 5. The van der Waals surface area contributed by atoms with E-state index in [0.29, 0.717) is 17.1 Å². The highest BCUT2D eigenvalue weighted by Crippen LogP contribution is 2.39. The number of benzene rings is 1. The lowest BCUT2D eigenvalue weighted by Crippen LogP contribution is -2.30. The van der Waals surface area contributed by atoms with Gasteiger partial charge < -0.3 is 13.7 Å². The van der Waals surface area contributed by atoms with Crippen molar-refractivity contribution in [2.45, 2.75) is 51.4 Å². The maximum absolute atomic E-state index is 12.5. The van der Waals surface area contributed by atoms with Gasteiger partial charge in [-0.2, -0.15) is 5.26 Å². The summed E-state index contributed by atoms with van der Waals surface area (Å²) in [5.74, 6) is 0.215. The molecule has 0 radical (unpaired) electrons. The van der Waals surface area contributed by atoms with Crippen molar-refractivity contribution in [3.8, 4) is 6.07 Å². The summed E-state index contributed by atoms with van der Waals surface area (Å²) >= 11 is 0. The number of furan rings is 1. The average molecular weight is 392 g/mol. The van der Waals surface area contributed by atoms with Crippen LogP contribution in [0, 0.1) is 18.3 Å². The number of rotatable bonds is 4. The fourth-order valence-corrected chi connectivity index (χ4v) is 4.34. The molecule has 29 heavy (non-hydrogen) atoms. The zero-order valence-electron chi connectivity index (χ0n) is 16.8. The molecule has 6 heteroatoms. The van der Waals surface area contributed by atoms with Gasteiger partial charge >= 0.3 is 5.63 Å². The van der Waals surface area contributed by atoms with Crippen molar-refractivity contribution >= 4 is 27.8 Å². The zero-order chi connectivity index (χ0) is 20.5. The molecular weight excluding hydrogens is 368 g/mol. The van der Waals surface area contributed by atoms with Gasteiger partial charge in [0.1, 0.15) is 17.7 Å². The standard InChI is InChI=1S/C23H24N2O4/c1-14-16-10-18-19(15-6-4-3-5-7-15)13-28-20(18)12-21(16)29-23(27)17(14)11-22(26)25(2)9-8-24/h10,12-13,15H,3-7,9,11H2,1-2H3. The third kappa shape index (κ3) is 3.53. The second-order valence-electron chi connectivity index (χ2n) is 7.95. The SMILES string of the molecule is Cc1c(CC(=O)N(C)CC#N)c(=O)oc2cc3occ(C4CCCCC4)c3cc12. The van der Waals surface area contributed by atoms with Gasteiger partial charge in [-0.25, -0.2) is 4.79 Å². The molecule has 6 nitrogen and oxygen atoms in total. The number of nitrogens with zero attached hydrogens (tertiary/aromatic N) is 2. The molecule has 1 fully saturated rings. The van der Waals surface area contributed by atoms with Crippen LogP contribution in [0.3, 0.4) is 0 Å². The number of hydrogen-bond donors (Lipinski definition) is 0. The van der Waals surface area contributed by atoms with Gasteiger partial charge in [0, 0.05) is 29.4 Å². The van der Waals surface area contributed by atoms with E-state index in [4.69, 9.17) is 14.1 Å². The van der Waals surface area contributed by atoms with Crippen molar-refractivity contribution in [1.82, 2.24) is 4.90 Å². The molecule has 0 atom stereocenters. The molecule has 4 rings (SSSR count). The summed E-state index contributed by atoms with van der Waals surface area (Å²) in [5.41, 5.74) is 2.97. The molecule has 1 aliphatic carbocycles. The van der Waals surface area contributed by atoms with Crippen LogP contribution in [0.5, 0.6) is 0 Å². The number of aryl methyl sites for hydroxylation is 1. The summed E-state index contributed by atoms with van der Waals surface area (Å²) in [6.45, 7) is 1.83. The Morgan fingerprint density at radius 1 is 1.21 bits per heavy atom. The number of amides is 1. The molecule has 0 saturated heterocycles. The van der Waals surface area contributed by atoms with E-state index in [9.17, 15) is 9.59 Å². The number of carbonyl (C=O) groups is 1. The van der Waals surface area contributed by atoms with Gasteiger partial charge in [-0.05, 0) is 37.3 Å². The summed E-state index contributed by atoms with van der Waals surface area (Å²) in [5, 5.41) is 10.7. The van der Waals surface area contributed by atoms with Gasteiger partial charge in [-0.1, -0.05) is 19.3 Å². The fraction of sp³-hybridized carbons (Fsp3) is 0.435. The Morgan fingerprint density at radius 2 is 1.97 bits per heavy atom. The Labute approximate surface area is 168 Å². The zero-order valence-corrected chi connectivity index (χ0v) is 16.8. The number of carbonyl (C=O) groups excluding carboxylic acids is 1. The topological polar surface area (TPSA) is 87.5 Å². The van der Waals surface area contributed by atoms with Crippen molar-refractivity contribution in [2.75, 3.05) is 13.6 Å². The third-order valence-corrected chi connectivity index (χ3v) is 6.12. The summed E-state index contributed by atoms with van der Waals surface area (Å²) in [6, 6.07) is 5.75. The van der Waals surface area contributed by atoms with Crippen LogP contribution in [0.15, 0.2) is 32.0 Å². The van der Waals surface area contributed by atoms with Crippen molar-refractivity contribution < 1.29 is 13.6 Å². The lowest BCUT2D eigenvalue weighted by Gasteiger charge is -2.20. The van der Waals surface area contributed by atoms with Crippen LogP contribution in [0.2, 0.25) is 0 Å². The predicted molar refractivity (Wildman–Crippen MR) is 110 cm³/mol. The molecule has 0 unspecified atom stereocenters. The van der Waals surface area contributed by atoms with Crippen molar-refractivity contribution in [2.24, 2.45) is 0 Å². The van der Waals surface area contributed by atoms with Crippen molar-refractivity contribution in [3.05, 3.63) is 45.5 Å². The van der Waals surface area contributed by atoms with E-state index in [1.165, 1.54) is 42.6 Å². The number of nitriles is 1. The summed E-state index contributed by atoms with van der Waals surface area (Å²) < 4.78 is 11.3. The maximum Gasteiger partial charge on any atom is 0.340 e. The Bertz CT molecular complexity index is 1180. The van der Waals surface area contributed by atoms with Crippen LogP contribution in [-0.4, -0.2) is 24.4 Å². The molecular formula is C23H24N2O4. The first-order chi connectivity index (χ1) is 14.0. The molecule has 1 aromatic carbocycles. The first-order valence-corrected chi connectivity index (χ1v) is 10.1. The highest BCUT2D eigenvalue weighted by Gasteiger charge is 2.22. The molecule has 0 bridgehead atoms. The van der Waals surface area contributed by atoms with Crippen LogP contribution < -0.4 is 5.63 Å². The first-order valence-electron chi connectivity index (χ1n) is 10.1. The number of likely N-dealkylation sites (N-methyl/N-ethyl adjacent to an activating group) is 1. The summed E-state index contributed by atoms with van der Waals surface area (Å²) in [6.07, 6.45) is 7.86. The highest BCUT2D eigenvalue weighted by atomic mass is 16.4. The van der Waals surface area contributed by atoms with E-state index in [0.717, 1.165) is 21.9 Å². The third-order valence-electron chi connectivity index (χ3n) is 6.12. The quantitative estimate of drug-likeness (QED) is 0.484. The van der Waals surface area contributed by atoms with Gasteiger partial charge in [0.15, 0.2) is 0 Å². The van der Waals surface area contributed by atoms with Gasteiger partial charge in [-0.15, -0.1) is 0 Å². The first kappa shape index (κ1) is 19.3. The van der Waals surface area contributed by atoms with Crippen LogP contribution >= 0.6 is 0 Å².